The number of amides is 1. The Labute approximate surface area is 151 Å². The van der Waals surface area contributed by atoms with Gasteiger partial charge in [-0.2, -0.15) is 5.10 Å². The van der Waals surface area contributed by atoms with Crippen LogP contribution >= 0.6 is 11.8 Å². The number of thioether (sulfide) groups is 1. The van der Waals surface area contributed by atoms with Gasteiger partial charge in [0, 0.05) is 12.1 Å². The summed E-state index contributed by atoms with van der Waals surface area (Å²) in [6.45, 7) is 1.70. The number of imidazole rings is 1. The van der Waals surface area contributed by atoms with E-state index in [9.17, 15) is 14.9 Å². The number of hydrogen-bond donors (Lipinski definition) is 2. The van der Waals surface area contributed by atoms with Crippen LogP contribution in [0.15, 0.2) is 47.0 Å². The van der Waals surface area contributed by atoms with Crippen LogP contribution in [0.5, 0.6) is 0 Å². The van der Waals surface area contributed by atoms with E-state index in [1.54, 1.807) is 19.1 Å². The van der Waals surface area contributed by atoms with Crippen LogP contribution in [0, 0.1) is 10.1 Å². The number of fused-ring (bicyclic) bond motifs is 1. The highest BCUT2D eigenvalue weighted by molar-refractivity contribution is 8.00. The molecule has 2 heterocycles. The molecular weight excluding hydrogens is 358 g/mol. The lowest BCUT2D eigenvalue weighted by Crippen LogP contribution is -2.21. The Morgan fingerprint density at radius 1 is 1.31 bits per heavy atom. The van der Waals surface area contributed by atoms with E-state index in [0.717, 1.165) is 0 Å². The molecule has 0 aliphatic rings. The van der Waals surface area contributed by atoms with Gasteiger partial charge in [-0.05, 0) is 24.6 Å². The minimum Gasteiger partial charge on any atom is -0.341 e. The van der Waals surface area contributed by atoms with Crippen LogP contribution in [0.1, 0.15) is 12.5 Å². The maximum absolute atomic E-state index is 12.0. The molecule has 11 heteroatoms. The second-order valence-corrected chi connectivity index (χ2v) is 6.07. The first kappa shape index (κ1) is 17.5. The van der Waals surface area contributed by atoms with Crippen molar-refractivity contribution in [3.63, 3.8) is 0 Å². The number of aromatic amines is 1. The standard InChI is InChI=1S/C15H13N7O3S/c1-9(10-2-4-11(5-3-10)22(24)25)20-21-12(23)6-26-15-13-14(17-7-16-13)18-8-19-15/h2-5,7-8H,6H2,1H3,(H,21,23)(H,16,17,18,19)/b20-9-. The minimum absolute atomic E-state index is 0.00282. The third-order valence-corrected chi connectivity index (χ3v) is 4.36. The predicted molar refractivity (Wildman–Crippen MR) is 95.9 cm³/mol. The minimum atomic E-state index is -0.473. The Balaban J connectivity index is 1.58. The quantitative estimate of drug-likeness (QED) is 0.222. The molecule has 0 fully saturated rings. The van der Waals surface area contributed by atoms with E-state index in [4.69, 9.17) is 0 Å². The Hall–Kier alpha value is -3.34. The van der Waals surface area contributed by atoms with E-state index in [-0.39, 0.29) is 17.3 Å². The van der Waals surface area contributed by atoms with Crippen molar-refractivity contribution in [2.24, 2.45) is 5.10 Å². The van der Waals surface area contributed by atoms with Gasteiger partial charge in [-0.15, -0.1) is 0 Å². The third kappa shape index (κ3) is 4.00. The number of hydrazone groups is 1. The largest absolute Gasteiger partial charge is 0.341 e. The van der Waals surface area contributed by atoms with Gasteiger partial charge in [-0.3, -0.25) is 14.9 Å². The highest BCUT2D eigenvalue weighted by Gasteiger charge is 2.10. The number of hydrogen-bond acceptors (Lipinski definition) is 8. The first-order chi connectivity index (χ1) is 12.5. The smallest absolute Gasteiger partial charge is 0.269 e. The van der Waals surface area contributed by atoms with Crippen LogP contribution in [0.3, 0.4) is 0 Å². The highest BCUT2D eigenvalue weighted by atomic mass is 32.2. The first-order valence-electron chi connectivity index (χ1n) is 7.39. The summed E-state index contributed by atoms with van der Waals surface area (Å²) in [7, 11) is 0. The number of carbonyl (C=O) groups excluding carboxylic acids is 1. The number of carbonyl (C=O) groups is 1. The fourth-order valence-electron chi connectivity index (χ4n) is 2.05. The molecule has 0 unspecified atom stereocenters. The maximum atomic E-state index is 12.0. The van der Waals surface area contributed by atoms with Crippen LogP contribution in [0.4, 0.5) is 5.69 Å². The van der Waals surface area contributed by atoms with Crippen LogP contribution in [-0.4, -0.2) is 42.2 Å². The molecule has 0 aliphatic heterocycles. The lowest BCUT2D eigenvalue weighted by molar-refractivity contribution is -0.384. The molecule has 2 aromatic heterocycles. The summed E-state index contributed by atoms with van der Waals surface area (Å²) >= 11 is 1.24. The average Bonchev–Trinajstić information content (AvgIpc) is 3.13. The molecule has 10 nitrogen and oxygen atoms in total. The molecule has 1 amide bonds. The van der Waals surface area contributed by atoms with E-state index in [0.29, 0.717) is 27.5 Å². The van der Waals surface area contributed by atoms with Crippen molar-refractivity contribution in [2.45, 2.75) is 11.9 Å². The van der Waals surface area contributed by atoms with Gasteiger partial charge in [0.15, 0.2) is 5.65 Å². The molecule has 0 aliphatic carbocycles. The van der Waals surface area contributed by atoms with Gasteiger partial charge in [-0.25, -0.2) is 20.4 Å². The van der Waals surface area contributed by atoms with E-state index < -0.39 is 4.92 Å². The predicted octanol–water partition coefficient (Wildman–Crippen LogP) is 1.89. The molecule has 0 saturated carbocycles. The van der Waals surface area contributed by atoms with Crippen molar-refractivity contribution in [1.29, 1.82) is 0 Å². The molecule has 3 rings (SSSR count). The van der Waals surface area contributed by atoms with Crippen molar-refractivity contribution in [1.82, 2.24) is 25.4 Å². The molecule has 0 atom stereocenters. The molecule has 0 bridgehead atoms. The summed E-state index contributed by atoms with van der Waals surface area (Å²) in [5.74, 6) is -0.190. The van der Waals surface area contributed by atoms with E-state index in [2.05, 4.69) is 30.5 Å². The number of aromatic nitrogens is 4. The van der Waals surface area contributed by atoms with Crippen molar-refractivity contribution < 1.29 is 9.72 Å². The molecule has 2 N–H and O–H groups in total. The zero-order valence-electron chi connectivity index (χ0n) is 13.5. The Morgan fingerprint density at radius 2 is 2.08 bits per heavy atom. The van der Waals surface area contributed by atoms with Crippen LogP contribution in [0.2, 0.25) is 0 Å². The normalized spacial score (nSPS) is 11.5. The van der Waals surface area contributed by atoms with Crippen molar-refractivity contribution >= 4 is 40.2 Å². The summed E-state index contributed by atoms with van der Waals surface area (Å²) < 4.78 is 0. The van der Waals surface area contributed by atoms with Crippen molar-refractivity contribution in [2.75, 3.05) is 5.75 Å². The zero-order chi connectivity index (χ0) is 18.5. The van der Waals surface area contributed by atoms with Crippen LogP contribution in [-0.2, 0) is 4.79 Å². The molecule has 132 valence electrons. The Kier molecular flexibility index (Phi) is 5.17. The number of benzene rings is 1. The lowest BCUT2D eigenvalue weighted by Gasteiger charge is -2.03. The average molecular weight is 371 g/mol. The van der Waals surface area contributed by atoms with E-state index in [1.165, 1.54) is 36.5 Å². The first-order valence-corrected chi connectivity index (χ1v) is 8.38. The molecule has 0 saturated heterocycles. The lowest BCUT2D eigenvalue weighted by atomic mass is 10.1. The number of nitro benzene ring substituents is 1. The molecule has 0 spiro atoms. The number of H-pyrrole nitrogens is 1. The number of non-ortho nitro benzene ring substituents is 1. The summed E-state index contributed by atoms with van der Waals surface area (Å²) in [5.41, 5.74) is 4.88. The van der Waals surface area contributed by atoms with E-state index >= 15 is 0 Å². The molecule has 26 heavy (non-hydrogen) atoms. The maximum Gasteiger partial charge on any atom is 0.269 e. The summed E-state index contributed by atoms with van der Waals surface area (Å²) in [4.78, 5) is 37.2. The Morgan fingerprint density at radius 3 is 2.81 bits per heavy atom. The Bertz CT molecular complexity index is 984. The summed E-state index contributed by atoms with van der Waals surface area (Å²) in [6.07, 6.45) is 2.90. The summed E-state index contributed by atoms with van der Waals surface area (Å²) in [6, 6.07) is 5.93. The SMILES string of the molecule is C/C(=N/NC(=O)CSc1ncnc2nc[nH]c12)c1ccc([N+](=O)[O-])cc1. The fraction of sp³-hybridized carbons (Fsp3) is 0.133. The van der Waals surface area contributed by atoms with Gasteiger partial charge in [-0.1, -0.05) is 11.8 Å². The van der Waals surface area contributed by atoms with Crippen LogP contribution < -0.4 is 5.43 Å². The second kappa shape index (κ2) is 7.70. The number of nitrogens with one attached hydrogen (secondary N) is 2. The van der Waals surface area contributed by atoms with Crippen molar-refractivity contribution in [3.05, 3.63) is 52.6 Å². The monoisotopic (exact) mass is 371 g/mol. The number of nitrogens with zero attached hydrogens (tertiary/aromatic N) is 5. The molecular formula is C15H13N7O3S. The van der Waals surface area contributed by atoms with Gasteiger partial charge in [0.1, 0.15) is 16.9 Å². The third-order valence-electron chi connectivity index (χ3n) is 3.37. The molecule has 1 aromatic carbocycles. The topological polar surface area (TPSA) is 139 Å². The highest BCUT2D eigenvalue weighted by Crippen LogP contribution is 2.21. The number of nitro groups is 1. The van der Waals surface area contributed by atoms with Gasteiger partial charge < -0.3 is 4.98 Å². The van der Waals surface area contributed by atoms with Gasteiger partial charge in [0.2, 0.25) is 5.91 Å². The van der Waals surface area contributed by atoms with E-state index in [1.807, 2.05) is 0 Å². The van der Waals surface area contributed by atoms with Gasteiger partial charge >= 0.3 is 0 Å². The van der Waals surface area contributed by atoms with Crippen molar-refractivity contribution in [3.8, 4) is 0 Å². The van der Waals surface area contributed by atoms with Crippen LogP contribution in [0.25, 0.3) is 11.2 Å². The molecule has 3 aromatic rings. The molecule has 0 radical (unpaired) electrons. The number of rotatable bonds is 6. The fourth-order valence-corrected chi connectivity index (χ4v) is 2.80. The van der Waals surface area contributed by atoms with Gasteiger partial charge in [0.05, 0.1) is 22.7 Å². The second-order valence-electron chi connectivity index (χ2n) is 5.10. The zero-order valence-corrected chi connectivity index (χ0v) is 14.4. The summed E-state index contributed by atoms with van der Waals surface area (Å²) in [5, 5.41) is 15.3. The van der Waals surface area contributed by atoms with Gasteiger partial charge in [0.25, 0.3) is 5.69 Å².